The summed E-state index contributed by atoms with van der Waals surface area (Å²) in [5.41, 5.74) is 11.1. The maximum Gasteiger partial charge on any atom is -1.00 e. The van der Waals surface area contributed by atoms with Crippen LogP contribution >= 0.6 is 23.2 Å². The van der Waals surface area contributed by atoms with Crippen molar-refractivity contribution in [3.05, 3.63) is 168 Å². The second-order valence-corrected chi connectivity index (χ2v) is 22.7. The number of benzene rings is 6. The van der Waals surface area contributed by atoms with Crippen LogP contribution in [-0.2, 0) is 38.5 Å². The molecule has 262 valence electrons. The van der Waals surface area contributed by atoms with Gasteiger partial charge < -0.3 is 24.8 Å². The third kappa shape index (κ3) is 6.98. The van der Waals surface area contributed by atoms with Crippen molar-refractivity contribution in [1.29, 1.82) is 0 Å². The van der Waals surface area contributed by atoms with E-state index in [0.717, 1.165) is 33.7 Å². The van der Waals surface area contributed by atoms with E-state index >= 15 is 0 Å². The van der Waals surface area contributed by atoms with Gasteiger partial charge in [-0.25, -0.2) is 0 Å². The van der Waals surface area contributed by atoms with Crippen molar-refractivity contribution in [3.63, 3.8) is 0 Å². The average Bonchev–Trinajstić information content (AvgIpc) is 3.73. The van der Waals surface area contributed by atoms with E-state index in [-0.39, 0.29) is 35.6 Å². The van der Waals surface area contributed by atoms with Crippen molar-refractivity contribution in [2.45, 2.75) is 65.2 Å². The van der Waals surface area contributed by atoms with Gasteiger partial charge >= 0.3 is 317 Å². The van der Waals surface area contributed by atoms with Crippen molar-refractivity contribution in [2.24, 2.45) is 0 Å². The van der Waals surface area contributed by atoms with Crippen LogP contribution in [0.15, 0.2) is 125 Å². The Morgan fingerprint density at radius 1 is 0.635 bits per heavy atom. The molecule has 0 fully saturated rings. The Bertz CT molecular complexity index is 2380. The summed E-state index contributed by atoms with van der Waals surface area (Å²) in [6, 6.07) is 38.3. The summed E-state index contributed by atoms with van der Waals surface area (Å²) in [5.74, 6) is 0. The predicted molar refractivity (Wildman–Crippen MR) is 215 cm³/mol. The molecule has 6 aromatic rings. The van der Waals surface area contributed by atoms with E-state index in [2.05, 4.69) is 163 Å². The van der Waals surface area contributed by atoms with Crippen molar-refractivity contribution in [3.8, 4) is 11.1 Å². The van der Waals surface area contributed by atoms with Crippen molar-refractivity contribution in [1.82, 2.24) is 0 Å². The zero-order valence-corrected chi connectivity index (χ0v) is 36.0. The molecule has 2 aliphatic carbocycles. The minimum absolute atomic E-state index is 0. The molecule has 8 rings (SSSR count). The van der Waals surface area contributed by atoms with Gasteiger partial charge in [-0.1, -0.05) is 0 Å². The number of halogens is 4. The summed E-state index contributed by atoms with van der Waals surface area (Å²) < 4.78 is 4.65. The Morgan fingerprint density at radius 3 is 1.75 bits per heavy atom. The Labute approximate surface area is 338 Å². The first-order valence-electron chi connectivity index (χ1n) is 17.7. The number of fused-ring (bicyclic) bond motifs is 5. The smallest absolute Gasteiger partial charge is 1.00 e. The topological polar surface area (TPSA) is 0 Å². The summed E-state index contributed by atoms with van der Waals surface area (Å²) in [6.45, 7) is 14.1. The van der Waals surface area contributed by atoms with Crippen LogP contribution in [0.25, 0.3) is 32.7 Å². The monoisotopic (exact) mass is 836 g/mol. The number of hydrogen-bond donors (Lipinski definition) is 0. The van der Waals surface area contributed by atoms with Crippen LogP contribution < -0.4 is 28.1 Å². The maximum atomic E-state index is 7.08. The minimum Gasteiger partial charge on any atom is -1.00 e. The van der Waals surface area contributed by atoms with Gasteiger partial charge in [-0.3, -0.25) is 0 Å². The van der Waals surface area contributed by atoms with Gasteiger partial charge in [0.15, 0.2) is 0 Å². The molecule has 2 aliphatic rings. The molecule has 0 radical (unpaired) electrons. The Hall–Kier alpha value is -2.77. The largest absolute Gasteiger partial charge is 1.00 e. The third-order valence-electron chi connectivity index (χ3n) is 10.5. The fourth-order valence-corrected chi connectivity index (χ4v) is 17.6. The quantitative estimate of drug-likeness (QED) is 0.183. The SMILES string of the molecule is CC(C)(C)c1ccc2c(c1)Cc1c-2ccc(C(C)(C)C)[c]1[Zr+2]([C]1=CC=CC1)=[C](c1cc(Cl)cc2ccccc12)c1cc(Cl)cc2ccccc12.[Cl-].[Cl-]. The van der Waals surface area contributed by atoms with Gasteiger partial charge in [-0.2, -0.15) is 0 Å². The van der Waals surface area contributed by atoms with Gasteiger partial charge in [0.25, 0.3) is 0 Å². The van der Waals surface area contributed by atoms with Gasteiger partial charge in [0, 0.05) is 0 Å². The number of rotatable bonds is 4. The molecule has 52 heavy (non-hydrogen) atoms. The van der Waals surface area contributed by atoms with Crippen LogP contribution in [-0.4, -0.2) is 3.21 Å². The van der Waals surface area contributed by atoms with Crippen LogP contribution in [0.4, 0.5) is 0 Å². The van der Waals surface area contributed by atoms with Crippen molar-refractivity contribution < 1.29 is 46.1 Å². The zero-order chi connectivity index (χ0) is 34.9. The molecule has 0 spiro atoms. The molecule has 5 heteroatoms. The minimum atomic E-state index is -3.14. The van der Waals surface area contributed by atoms with E-state index < -0.39 is 21.3 Å². The van der Waals surface area contributed by atoms with E-state index in [1.165, 1.54) is 58.5 Å². The van der Waals surface area contributed by atoms with Crippen LogP contribution in [0.1, 0.15) is 81.3 Å². The third-order valence-corrected chi connectivity index (χ3v) is 18.6. The van der Waals surface area contributed by atoms with E-state index in [1.54, 1.807) is 6.55 Å². The van der Waals surface area contributed by atoms with Gasteiger partial charge in [0.05, 0.1) is 0 Å². The molecular weight excluding hydrogens is 798 g/mol. The average molecular weight is 840 g/mol. The van der Waals surface area contributed by atoms with E-state index in [4.69, 9.17) is 23.2 Å². The number of hydrogen-bond acceptors (Lipinski definition) is 0. The van der Waals surface area contributed by atoms with Gasteiger partial charge in [0.2, 0.25) is 0 Å². The Balaban J connectivity index is 0.00000232. The summed E-state index contributed by atoms with van der Waals surface area (Å²) in [6.07, 6.45) is 9.01. The van der Waals surface area contributed by atoms with Crippen LogP contribution in [0, 0.1) is 0 Å². The first-order valence-corrected chi connectivity index (χ1v) is 22.1. The molecule has 0 N–H and O–H groups in total. The normalized spacial score (nSPS) is 13.2. The molecule has 6 aromatic carbocycles. The molecule has 0 saturated carbocycles. The van der Waals surface area contributed by atoms with Crippen LogP contribution in [0.5, 0.6) is 0 Å². The molecule has 0 aromatic heterocycles. The van der Waals surface area contributed by atoms with Crippen molar-refractivity contribution >= 4 is 51.2 Å². The zero-order valence-electron chi connectivity index (χ0n) is 30.5. The van der Waals surface area contributed by atoms with Gasteiger partial charge in [-0.05, 0) is 0 Å². The molecule has 0 unspecified atom stereocenters. The van der Waals surface area contributed by atoms with Gasteiger partial charge in [0.1, 0.15) is 0 Å². The molecule has 0 aliphatic heterocycles. The molecule has 0 atom stereocenters. The Morgan fingerprint density at radius 2 is 1.21 bits per heavy atom. The van der Waals surface area contributed by atoms with Crippen LogP contribution in [0.2, 0.25) is 10.0 Å². The van der Waals surface area contributed by atoms with E-state index in [1.807, 2.05) is 0 Å². The van der Waals surface area contributed by atoms with Crippen molar-refractivity contribution in [2.75, 3.05) is 0 Å². The first kappa shape index (κ1) is 38.9. The molecule has 0 amide bonds. The number of allylic oxidation sites excluding steroid dienone is 4. The summed E-state index contributed by atoms with van der Waals surface area (Å²) in [7, 11) is 0. The summed E-state index contributed by atoms with van der Waals surface area (Å²) in [5, 5.41) is 6.33. The standard InChI is InChI=1S/C21H12Cl2.C21H25.C5H5.2ClH.Zr/c22-18-10-14-5-1-3-7-20(14)16(12-18)9-17-13-19(23)11-15-6-2-4-8-21(15)17;1-20(2,3)16-7-9-18-14(12-16)11-15-13-17(21(4,5)6)8-10-19(15)18;1-2-4-5-3-1;;;/h1-8,10-13H;7-10,12H,11H2,1-6H3;1-3H,4H2;2*1H;/q;;;;;+2/p-2. The molecule has 0 heterocycles. The van der Waals surface area contributed by atoms with Crippen LogP contribution in [0.3, 0.4) is 0 Å². The molecule has 0 bridgehead atoms. The van der Waals surface area contributed by atoms with E-state index in [9.17, 15) is 0 Å². The summed E-state index contributed by atoms with van der Waals surface area (Å²) in [4.78, 5) is 0. The van der Waals surface area contributed by atoms with E-state index in [0.29, 0.717) is 0 Å². The first-order chi connectivity index (χ1) is 23.9. The second-order valence-electron chi connectivity index (χ2n) is 16.0. The molecule has 0 saturated heterocycles. The molecular formula is C47H42Cl4Zr. The maximum absolute atomic E-state index is 7.08. The summed E-state index contributed by atoms with van der Waals surface area (Å²) >= 11 is 11.0. The predicted octanol–water partition coefficient (Wildman–Crippen LogP) is 6.83. The Kier molecular flexibility index (Phi) is 11.1. The fraction of sp³-hybridized carbons (Fsp3) is 0.213. The second kappa shape index (κ2) is 14.8. The fourth-order valence-electron chi connectivity index (χ4n) is 8.11. The molecule has 0 nitrogen and oxygen atoms in total. The van der Waals surface area contributed by atoms with Gasteiger partial charge in [-0.15, -0.1) is 0 Å².